The van der Waals surface area contributed by atoms with Crippen molar-refractivity contribution in [2.75, 3.05) is 31.7 Å². The van der Waals surface area contributed by atoms with Crippen LogP contribution in [0.5, 0.6) is 0 Å². The number of hydrogen-bond donors (Lipinski definition) is 1. The second-order valence-electron chi connectivity index (χ2n) is 5.60. The zero-order valence-electron chi connectivity index (χ0n) is 12.2. The molecule has 5 heteroatoms. The van der Waals surface area contributed by atoms with Gasteiger partial charge in [0.15, 0.2) is 0 Å². The number of carbonyl (C=O) groups excluding carboxylic acids is 2. The molecule has 2 unspecified atom stereocenters. The van der Waals surface area contributed by atoms with Crippen molar-refractivity contribution in [3.8, 4) is 0 Å². The topological polar surface area (TPSA) is 58.6 Å². The monoisotopic (exact) mass is 288 g/mol. The summed E-state index contributed by atoms with van der Waals surface area (Å²) in [6.45, 7) is 1.72. The van der Waals surface area contributed by atoms with Crippen molar-refractivity contribution < 1.29 is 14.3 Å². The highest BCUT2D eigenvalue weighted by Gasteiger charge is 2.50. The molecule has 0 radical (unpaired) electrons. The predicted octanol–water partition coefficient (Wildman–Crippen LogP) is 0.974. The molecule has 1 N–H and O–H groups in total. The van der Waals surface area contributed by atoms with Gasteiger partial charge in [0.05, 0.1) is 18.4 Å². The first-order valence-electron chi connectivity index (χ1n) is 7.38. The minimum atomic E-state index is -0.165. The van der Waals surface area contributed by atoms with E-state index in [1.807, 2.05) is 23.1 Å². The lowest BCUT2D eigenvalue weighted by Gasteiger charge is -2.17. The molecule has 21 heavy (non-hydrogen) atoms. The average molecular weight is 288 g/mol. The fraction of sp³-hybridized carbons (Fsp3) is 0.500. The summed E-state index contributed by atoms with van der Waals surface area (Å²) >= 11 is 0. The molecule has 1 aromatic carbocycles. The highest BCUT2D eigenvalue weighted by Crippen LogP contribution is 2.42. The van der Waals surface area contributed by atoms with E-state index in [-0.39, 0.29) is 23.7 Å². The Morgan fingerprint density at radius 1 is 1.33 bits per heavy atom. The van der Waals surface area contributed by atoms with Gasteiger partial charge in [-0.2, -0.15) is 0 Å². The molecule has 0 aromatic heterocycles. The summed E-state index contributed by atoms with van der Waals surface area (Å²) in [4.78, 5) is 26.3. The van der Waals surface area contributed by atoms with Crippen molar-refractivity contribution in [1.29, 1.82) is 0 Å². The van der Waals surface area contributed by atoms with Crippen LogP contribution in [0.2, 0.25) is 0 Å². The summed E-state index contributed by atoms with van der Waals surface area (Å²) in [5.74, 6) is -0.259. The Kier molecular flexibility index (Phi) is 3.92. The van der Waals surface area contributed by atoms with Gasteiger partial charge >= 0.3 is 0 Å². The molecule has 1 aromatic rings. The number of anilines is 1. The second-order valence-corrected chi connectivity index (χ2v) is 5.60. The Bertz CT molecular complexity index is 558. The molecule has 0 bridgehead atoms. The number of amides is 2. The number of fused-ring (bicyclic) bond motifs is 1. The van der Waals surface area contributed by atoms with Gasteiger partial charge < -0.3 is 15.0 Å². The molecule has 1 aliphatic carbocycles. The molecule has 0 spiro atoms. The molecule has 1 saturated carbocycles. The molecule has 3 rings (SSSR count). The average Bonchev–Trinajstić information content (AvgIpc) is 3.19. The van der Waals surface area contributed by atoms with Crippen molar-refractivity contribution in [3.05, 3.63) is 29.8 Å². The van der Waals surface area contributed by atoms with Crippen molar-refractivity contribution in [2.24, 2.45) is 11.8 Å². The number of para-hydroxylation sites is 1. The molecule has 1 heterocycles. The van der Waals surface area contributed by atoms with Crippen LogP contribution in [-0.4, -0.2) is 38.6 Å². The minimum absolute atomic E-state index is 0.0297. The van der Waals surface area contributed by atoms with Gasteiger partial charge in [-0.25, -0.2) is 0 Å². The zero-order valence-corrected chi connectivity index (χ0v) is 12.2. The van der Waals surface area contributed by atoms with Crippen LogP contribution in [0.1, 0.15) is 12.0 Å². The van der Waals surface area contributed by atoms with Crippen LogP contribution in [0.25, 0.3) is 0 Å². The predicted molar refractivity (Wildman–Crippen MR) is 79.0 cm³/mol. The Morgan fingerprint density at radius 3 is 2.95 bits per heavy atom. The summed E-state index contributed by atoms with van der Waals surface area (Å²) in [5, 5.41) is 2.81. The number of nitrogens with one attached hydrogen (secondary N) is 1. The Morgan fingerprint density at radius 2 is 2.14 bits per heavy atom. The Balaban J connectivity index is 1.58. The molecule has 2 amide bonds. The van der Waals surface area contributed by atoms with Crippen LogP contribution in [0, 0.1) is 11.8 Å². The van der Waals surface area contributed by atoms with E-state index in [0.29, 0.717) is 19.6 Å². The Hall–Kier alpha value is -1.88. The van der Waals surface area contributed by atoms with E-state index in [0.717, 1.165) is 18.7 Å². The molecule has 1 aliphatic heterocycles. The summed E-state index contributed by atoms with van der Waals surface area (Å²) in [7, 11) is 1.60. The fourth-order valence-electron chi connectivity index (χ4n) is 2.93. The van der Waals surface area contributed by atoms with Crippen LogP contribution >= 0.6 is 0 Å². The van der Waals surface area contributed by atoms with Crippen molar-refractivity contribution in [1.82, 2.24) is 5.32 Å². The molecular formula is C16H20N2O3. The summed E-state index contributed by atoms with van der Waals surface area (Å²) in [6, 6.07) is 7.99. The van der Waals surface area contributed by atoms with Gasteiger partial charge in [-0.1, -0.05) is 18.2 Å². The highest BCUT2D eigenvalue weighted by molar-refractivity contribution is 6.02. The summed E-state index contributed by atoms with van der Waals surface area (Å²) in [5.41, 5.74) is 2.22. The SMILES string of the molecule is COCCNC(=O)C1CC1C(=O)N1CCc2ccccc21. The lowest BCUT2D eigenvalue weighted by Crippen LogP contribution is -2.34. The summed E-state index contributed by atoms with van der Waals surface area (Å²) < 4.78 is 4.90. The van der Waals surface area contributed by atoms with Crippen LogP contribution in [-0.2, 0) is 20.7 Å². The van der Waals surface area contributed by atoms with Gasteiger partial charge in [0.2, 0.25) is 11.8 Å². The molecule has 2 atom stereocenters. The van der Waals surface area contributed by atoms with Gasteiger partial charge in [-0.05, 0) is 24.5 Å². The van der Waals surface area contributed by atoms with Crippen molar-refractivity contribution >= 4 is 17.5 Å². The van der Waals surface area contributed by atoms with E-state index in [1.165, 1.54) is 5.56 Å². The van der Waals surface area contributed by atoms with E-state index in [9.17, 15) is 9.59 Å². The first kappa shape index (κ1) is 14.1. The molecule has 0 saturated heterocycles. The molecule has 1 fully saturated rings. The third-order valence-corrected chi connectivity index (χ3v) is 4.20. The second kappa shape index (κ2) is 5.85. The van der Waals surface area contributed by atoms with Crippen molar-refractivity contribution in [3.63, 3.8) is 0 Å². The van der Waals surface area contributed by atoms with Gasteiger partial charge in [0.25, 0.3) is 0 Å². The van der Waals surface area contributed by atoms with E-state index in [4.69, 9.17) is 4.74 Å². The zero-order chi connectivity index (χ0) is 14.8. The summed E-state index contributed by atoms with van der Waals surface area (Å²) in [6.07, 6.45) is 1.57. The normalized spacial score (nSPS) is 22.8. The van der Waals surface area contributed by atoms with Crippen LogP contribution < -0.4 is 10.2 Å². The Labute approximate surface area is 124 Å². The molecule has 112 valence electrons. The number of carbonyl (C=O) groups is 2. The number of hydrogen-bond acceptors (Lipinski definition) is 3. The third kappa shape index (κ3) is 2.78. The van der Waals surface area contributed by atoms with E-state index < -0.39 is 0 Å². The smallest absolute Gasteiger partial charge is 0.230 e. The van der Waals surface area contributed by atoms with Crippen LogP contribution in [0.3, 0.4) is 0 Å². The van der Waals surface area contributed by atoms with E-state index in [2.05, 4.69) is 11.4 Å². The van der Waals surface area contributed by atoms with Gasteiger partial charge in [-0.3, -0.25) is 9.59 Å². The number of ether oxygens (including phenoxy) is 1. The maximum absolute atomic E-state index is 12.5. The van der Waals surface area contributed by atoms with Crippen molar-refractivity contribution in [2.45, 2.75) is 12.8 Å². The number of benzene rings is 1. The third-order valence-electron chi connectivity index (χ3n) is 4.20. The molecule has 2 aliphatic rings. The maximum atomic E-state index is 12.5. The molecular weight excluding hydrogens is 268 g/mol. The van der Waals surface area contributed by atoms with Crippen LogP contribution in [0.15, 0.2) is 24.3 Å². The van der Waals surface area contributed by atoms with Gasteiger partial charge in [0, 0.05) is 25.9 Å². The first-order valence-corrected chi connectivity index (χ1v) is 7.38. The lowest BCUT2D eigenvalue weighted by atomic mass is 10.2. The first-order chi connectivity index (χ1) is 10.2. The highest BCUT2D eigenvalue weighted by atomic mass is 16.5. The molecule has 5 nitrogen and oxygen atoms in total. The minimum Gasteiger partial charge on any atom is -0.383 e. The fourth-order valence-corrected chi connectivity index (χ4v) is 2.93. The quantitative estimate of drug-likeness (QED) is 0.822. The number of rotatable bonds is 5. The lowest BCUT2D eigenvalue weighted by molar-refractivity contribution is -0.126. The van der Waals surface area contributed by atoms with E-state index >= 15 is 0 Å². The maximum Gasteiger partial charge on any atom is 0.230 e. The van der Waals surface area contributed by atoms with Gasteiger partial charge in [0.1, 0.15) is 0 Å². The standard InChI is InChI=1S/C16H20N2O3/c1-21-9-7-17-15(19)12-10-13(12)16(20)18-8-6-11-4-2-3-5-14(11)18/h2-5,12-13H,6-10H2,1H3,(H,17,19). The van der Waals surface area contributed by atoms with Gasteiger partial charge in [-0.15, -0.1) is 0 Å². The number of methoxy groups -OCH3 is 1. The number of nitrogens with zero attached hydrogens (tertiary/aromatic N) is 1. The van der Waals surface area contributed by atoms with E-state index in [1.54, 1.807) is 7.11 Å². The van der Waals surface area contributed by atoms with Crippen LogP contribution in [0.4, 0.5) is 5.69 Å². The largest absolute Gasteiger partial charge is 0.383 e.